The second kappa shape index (κ2) is 7.34. The fourth-order valence-electron chi connectivity index (χ4n) is 3.28. The van der Waals surface area contributed by atoms with Gasteiger partial charge in [-0.2, -0.15) is 5.10 Å². The molecule has 4 heteroatoms. The number of benzene rings is 2. The normalized spacial score (nSPS) is 10.7. The van der Waals surface area contributed by atoms with Crippen LogP contribution in [0.15, 0.2) is 48.7 Å². The second-order valence-electron chi connectivity index (χ2n) is 6.41. The van der Waals surface area contributed by atoms with Crippen LogP contribution in [0.25, 0.3) is 11.3 Å². The van der Waals surface area contributed by atoms with Crippen molar-refractivity contribution in [3.8, 4) is 11.3 Å². The first-order valence-electron chi connectivity index (χ1n) is 8.50. The number of aromatic amines is 1. The molecule has 0 fully saturated rings. The van der Waals surface area contributed by atoms with E-state index in [2.05, 4.69) is 48.4 Å². The summed E-state index contributed by atoms with van der Waals surface area (Å²) in [6.07, 6.45) is 2.41. The van der Waals surface area contributed by atoms with Crippen LogP contribution >= 0.6 is 0 Å². The molecule has 0 bridgehead atoms. The first-order chi connectivity index (χ1) is 12.1. The Bertz CT molecular complexity index is 858. The zero-order chi connectivity index (χ0) is 17.8. The van der Waals surface area contributed by atoms with Gasteiger partial charge in [-0.3, -0.25) is 9.89 Å². The molecule has 1 amide bonds. The quantitative estimate of drug-likeness (QED) is 0.742. The second-order valence-corrected chi connectivity index (χ2v) is 6.41. The summed E-state index contributed by atoms with van der Waals surface area (Å²) in [4.78, 5) is 12.5. The third-order valence-electron chi connectivity index (χ3n) is 4.45. The van der Waals surface area contributed by atoms with Crippen LogP contribution in [0.2, 0.25) is 0 Å². The summed E-state index contributed by atoms with van der Waals surface area (Å²) in [5.41, 5.74) is 7.41. The van der Waals surface area contributed by atoms with Crippen molar-refractivity contribution in [1.29, 1.82) is 0 Å². The van der Waals surface area contributed by atoms with Crippen LogP contribution < -0.4 is 5.32 Å². The Morgan fingerprint density at radius 1 is 1.08 bits per heavy atom. The number of aromatic nitrogens is 2. The van der Waals surface area contributed by atoms with Gasteiger partial charge in [-0.25, -0.2) is 0 Å². The van der Waals surface area contributed by atoms with Crippen molar-refractivity contribution in [3.05, 3.63) is 76.5 Å². The highest BCUT2D eigenvalue weighted by molar-refractivity contribution is 5.99. The van der Waals surface area contributed by atoms with Crippen molar-refractivity contribution < 1.29 is 4.79 Å². The number of carbonyl (C=O) groups excluding carboxylic acids is 1. The Labute approximate surface area is 148 Å². The number of rotatable bonds is 5. The van der Waals surface area contributed by atoms with Gasteiger partial charge in [0.2, 0.25) is 0 Å². The molecule has 0 atom stereocenters. The number of aryl methyl sites for hydroxylation is 3. The molecule has 2 aromatic carbocycles. The lowest BCUT2D eigenvalue weighted by molar-refractivity contribution is 0.0955. The molecule has 2 N–H and O–H groups in total. The molecule has 0 unspecified atom stereocenters. The van der Waals surface area contributed by atoms with Gasteiger partial charge in [0.15, 0.2) is 0 Å². The predicted molar refractivity (Wildman–Crippen MR) is 101 cm³/mol. The lowest BCUT2D eigenvalue weighted by atomic mass is 9.97. The van der Waals surface area contributed by atoms with Crippen LogP contribution in [-0.2, 0) is 6.42 Å². The average molecular weight is 333 g/mol. The molecule has 1 heterocycles. The Balaban J connectivity index is 1.68. The number of hydrogen-bond donors (Lipinski definition) is 2. The summed E-state index contributed by atoms with van der Waals surface area (Å²) < 4.78 is 0. The third kappa shape index (κ3) is 3.79. The molecule has 0 aliphatic carbocycles. The first-order valence-corrected chi connectivity index (χ1v) is 8.50. The molecule has 0 saturated carbocycles. The number of nitrogens with one attached hydrogen (secondary N) is 2. The van der Waals surface area contributed by atoms with Crippen molar-refractivity contribution in [3.63, 3.8) is 0 Å². The topological polar surface area (TPSA) is 57.8 Å². The van der Waals surface area contributed by atoms with Crippen LogP contribution in [-0.4, -0.2) is 22.6 Å². The van der Waals surface area contributed by atoms with E-state index in [4.69, 9.17) is 0 Å². The fourth-order valence-corrected chi connectivity index (χ4v) is 3.28. The van der Waals surface area contributed by atoms with Crippen molar-refractivity contribution in [2.24, 2.45) is 0 Å². The first kappa shape index (κ1) is 17.0. The maximum absolute atomic E-state index is 12.5. The van der Waals surface area contributed by atoms with E-state index in [1.165, 1.54) is 22.3 Å². The lowest BCUT2D eigenvalue weighted by Gasteiger charge is -2.12. The number of carbonyl (C=O) groups is 1. The Hall–Kier alpha value is -2.88. The molecule has 0 aliphatic rings. The molecule has 25 heavy (non-hydrogen) atoms. The van der Waals surface area contributed by atoms with Gasteiger partial charge in [-0.1, -0.05) is 48.0 Å². The summed E-state index contributed by atoms with van der Waals surface area (Å²) in [7, 11) is 0. The summed E-state index contributed by atoms with van der Waals surface area (Å²) in [5, 5.41) is 9.98. The standard InChI is InChI=1S/C21H23N3O/c1-14-11-15(2)18(16(3)12-14)9-10-22-21(25)19-13-23-24-20(19)17-7-5-4-6-8-17/h4-8,11-13H,9-10H2,1-3H3,(H,22,25)(H,23,24). The van der Waals surface area contributed by atoms with Crippen molar-refractivity contribution >= 4 is 5.91 Å². The summed E-state index contributed by atoms with van der Waals surface area (Å²) in [6, 6.07) is 14.1. The Kier molecular flexibility index (Phi) is 4.98. The van der Waals surface area contributed by atoms with Crippen LogP contribution in [0.5, 0.6) is 0 Å². The van der Waals surface area contributed by atoms with E-state index in [0.717, 1.165) is 17.7 Å². The molecular formula is C21H23N3O. The minimum absolute atomic E-state index is 0.102. The Morgan fingerprint density at radius 3 is 2.44 bits per heavy atom. The van der Waals surface area contributed by atoms with Gasteiger partial charge in [0.1, 0.15) is 0 Å². The van der Waals surface area contributed by atoms with Crippen LogP contribution in [0.4, 0.5) is 0 Å². The van der Waals surface area contributed by atoms with E-state index in [9.17, 15) is 4.79 Å². The van der Waals surface area contributed by atoms with Gasteiger partial charge in [0, 0.05) is 12.1 Å². The number of amides is 1. The average Bonchev–Trinajstić information content (AvgIpc) is 3.07. The minimum atomic E-state index is -0.102. The molecule has 0 spiro atoms. The maximum Gasteiger partial charge on any atom is 0.255 e. The monoisotopic (exact) mass is 333 g/mol. The number of hydrogen-bond acceptors (Lipinski definition) is 2. The van der Waals surface area contributed by atoms with Crippen molar-refractivity contribution in [1.82, 2.24) is 15.5 Å². The minimum Gasteiger partial charge on any atom is -0.352 e. The lowest BCUT2D eigenvalue weighted by Crippen LogP contribution is -2.26. The smallest absolute Gasteiger partial charge is 0.255 e. The number of H-pyrrole nitrogens is 1. The van der Waals surface area contributed by atoms with Gasteiger partial charge in [-0.05, 0) is 43.9 Å². The van der Waals surface area contributed by atoms with E-state index in [1.54, 1.807) is 6.20 Å². The van der Waals surface area contributed by atoms with E-state index in [0.29, 0.717) is 12.1 Å². The van der Waals surface area contributed by atoms with Gasteiger partial charge in [0.25, 0.3) is 5.91 Å². The summed E-state index contributed by atoms with van der Waals surface area (Å²) in [6.45, 7) is 6.96. The summed E-state index contributed by atoms with van der Waals surface area (Å²) in [5.74, 6) is -0.102. The molecule has 0 saturated heterocycles. The zero-order valence-electron chi connectivity index (χ0n) is 14.9. The highest BCUT2D eigenvalue weighted by Gasteiger charge is 2.15. The van der Waals surface area contributed by atoms with Gasteiger partial charge in [0.05, 0.1) is 17.5 Å². The summed E-state index contributed by atoms with van der Waals surface area (Å²) >= 11 is 0. The molecule has 4 nitrogen and oxygen atoms in total. The largest absolute Gasteiger partial charge is 0.352 e. The van der Waals surface area contributed by atoms with E-state index in [1.807, 2.05) is 30.3 Å². The van der Waals surface area contributed by atoms with Crippen molar-refractivity contribution in [2.45, 2.75) is 27.2 Å². The maximum atomic E-state index is 12.5. The fraction of sp³-hybridized carbons (Fsp3) is 0.238. The molecule has 0 radical (unpaired) electrons. The zero-order valence-corrected chi connectivity index (χ0v) is 14.9. The highest BCUT2D eigenvalue weighted by atomic mass is 16.1. The predicted octanol–water partition coefficient (Wildman–Crippen LogP) is 3.97. The van der Waals surface area contributed by atoms with Gasteiger partial charge < -0.3 is 5.32 Å². The van der Waals surface area contributed by atoms with E-state index >= 15 is 0 Å². The van der Waals surface area contributed by atoms with E-state index in [-0.39, 0.29) is 5.91 Å². The van der Waals surface area contributed by atoms with E-state index < -0.39 is 0 Å². The van der Waals surface area contributed by atoms with Crippen LogP contribution in [0, 0.1) is 20.8 Å². The number of nitrogens with zero attached hydrogens (tertiary/aromatic N) is 1. The molecular weight excluding hydrogens is 310 g/mol. The van der Waals surface area contributed by atoms with Gasteiger partial charge >= 0.3 is 0 Å². The Morgan fingerprint density at radius 2 is 1.76 bits per heavy atom. The molecule has 128 valence electrons. The molecule has 1 aromatic heterocycles. The third-order valence-corrected chi connectivity index (χ3v) is 4.45. The van der Waals surface area contributed by atoms with Crippen molar-refractivity contribution in [2.75, 3.05) is 6.54 Å². The SMILES string of the molecule is Cc1cc(C)c(CCNC(=O)c2cn[nH]c2-c2ccccc2)c(C)c1. The highest BCUT2D eigenvalue weighted by Crippen LogP contribution is 2.20. The van der Waals surface area contributed by atoms with Crippen LogP contribution in [0.1, 0.15) is 32.6 Å². The molecule has 0 aliphatic heterocycles. The molecule has 3 aromatic rings. The van der Waals surface area contributed by atoms with Gasteiger partial charge in [-0.15, -0.1) is 0 Å². The van der Waals surface area contributed by atoms with Crippen LogP contribution in [0.3, 0.4) is 0 Å². The molecule has 3 rings (SSSR count).